The summed E-state index contributed by atoms with van der Waals surface area (Å²) in [5.41, 5.74) is 2.68. The summed E-state index contributed by atoms with van der Waals surface area (Å²) in [5, 5.41) is 3.05. The van der Waals surface area contributed by atoms with Crippen molar-refractivity contribution in [2.45, 2.75) is 20.4 Å². The standard InChI is InChI=1S/C15H18Si/c1-12-4-8-14(9-5-12)16(3)15-10-6-13(2)7-11-15/h4-11,16H,1-3H3. The zero-order valence-corrected chi connectivity index (χ0v) is 11.4. The lowest BCUT2D eigenvalue weighted by atomic mass is 10.2. The molecule has 0 aromatic heterocycles. The lowest BCUT2D eigenvalue weighted by molar-refractivity contribution is 1.48. The SMILES string of the molecule is Cc1ccc([SiH](C)c2ccc(C)cc2)cc1. The van der Waals surface area contributed by atoms with Gasteiger partial charge in [-0.1, -0.05) is 76.6 Å². The van der Waals surface area contributed by atoms with Gasteiger partial charge < -0.3 is 0 Å². The van der Waals surface area contributed by atoms with Gasteiger partial charge in [0.2, 0.25) is 0 Å². The van der Waals surface area contributed by atoms with Crippen LogP contribution in [0.1, 0.15) is 11.1 Å². The largest absolute Gasteiger partial charge is 0.0997 e. The van der Waals surface area contributed by atoms with Crippen LogP contribution in [0.3, 0.4) is 0 Å². The number of aryl methyl sites for hydroxylation is 2. The first-order valence-corrected chi connectivity index (χ1v) is 8.11. The lowest BCUT2D eigenvalue weighted by Crippen LogP contribution is -2.38. The topological polar surface area (TPSA) is 0 Å². The predicted molar refractivity (Wildman–Crippen MR) is 74.6 cm³/mol. The van der Waals surface area contributed by atoms with Gasteiger partial charge in [-0.3, -0.25) is 0 Å². The average Bonchev–Trinajstić information content (AvgIpc) is 2.30. The molecule has 0 bridgehead atoms. The van der Waals surface area contributed by atoms with E-state index >= 15 is 0 Å². The molecular formula is C15H18Si. The summed E-state index contributed by atoms with van der Waals surface area (Å²) in [5.74, 6) is 0. The van der Waals surface area contributed by atoms with Gasteiger partial charge in [0.15, 0.2) is 0 Å². The Morgan fingerprint density at radius 2 is 0.938 bits per heavy atom. The Kier molecular flexibility index (Phi) is 3.25. The molecule has 0 nitrogen and oxygen atoms in total. The van der Waals surface area contributed by atoms with Crippen LogP contribution in [0.5, 0.6) is 0 Å². The molecule has 0 heterocycles. The molecular weight excluding hydrogens is 208 g/mol. The maximum atomic E-state index is 2.40. The van der Waals surface area contributed by atoms with Crippen molar-refractivity contribution in [3.8, 4) is 0 Å². The van der Waals surface area contributed by atoms with Crippen LogP contribution in [0.2, 0.25) is 6.55 Å². The molecule has 0 fully saturated rings. The number of benzene rings is 2. The molecule has 0 spiro atoms. The molecule has 0 N–H and O–H groups in total. The van der Waals surface area contributed by atoms with Crippen molar-refractivity contribution in [2.24, 2.45) is 0 Å². The number of hydrogen-bond donors (Lipinski definition) is 0. The van der Waals surface area contributed by atoms with Gasteiger partial charge in [0.05, 0.1) is 8.80 Å². The molecule has 82 valence electrons. The first kappa shape index (κ1) is 11.2. The van der Waals surface area contributed by atoms with Gasteiger partial charge in [0, 0.05) is 0 Å². The third-order valence-corrected chi connectivity index (χ3v) is 5.92. The zero-order valence-electron chi connectivity index (χ0n) is 10.2. The third-order valence-electron chi connectivity index (χ3n) is 3.15. The van der Waals surface area contributed by atoms with E-state index in [-0.39, 0.29) is 0 Å². The van der Waals surface area contributed by atoms with Crippen molar-refractivity contribution in [1.82, 2.24) is 0 Å². The van der Waals surface area contributed by atoms with Gasteiger partial charge in [-0.2, -0.15) is 0 Å². The quantitative estimate of drug-likeness (QED) is 0.689. The zero-order chi connectivity index (χ0) is 11.5. The van der Waals surface area contributed by atoms with E-state index in [1.807, 2.05) is 0 Å². The van der Waals surface area contributed by atoms with E-state index in [0.717, 1.165) is 0 Å². The fourth-order valence-electron chi connectivity index (χ4n) is 1.90. The summed E-state index contributed by atoms with van der Waals surface area (Å²) in [6, 6.07) is 18.0. The van der Waals surface area contributed by atoms with Crippen LogP contribution in [0, 0.1) is 13.8 Å². The highest BCUT2D eigenvalue weighted by atomic mass is 28.3. The minimum Gasteiger partial charge on any atom is -0.0642 e. The van der Waals surface area contributed by atoms with E-state index in [9.17, 15) is 0 Å². The van der Waals surface area contributed by atoms with E-state index in [1.54, 1.807) is 0 Å². The fourth-order valence-corrected chi connectivity index (χ4v) is 3.83. The second kappa shape index (κ2) is 4.66. The van der Waals surface area contributed by atoms with Crippen LogP contribution >= 0.6 is 0 Å². The second-order valence-corrected chi connectivity index (χ2v) is 7.32. The molecule has 0 aliphatic heterocycles. The lowest BCUT2D eigenvalue weighted by Gasteiger charge is -2.11. The van der Waals surface area contributed by atoms with Crippen LogP contribution in [-0.2, 0) is 0 Å². The van der Waals surface area contributed by atoms with E-state index in [1.165, 1.54) is 21.5 Å². The Hall–Kier alpha value is -1.34. The molecule has 0 aliphatic rings. The summed E-state index contributed by atoms with van der Waals surface area (Å²) in [6.07, 6.45) is 0. The highest BCUT2D eigenvalue weighted by Gasteiger charge is 2.09. The Morgan fingerprint density at radius 1 is 0.625 bits per heavy atom. The molecule has 2 rings (SSSR count). The molecule has 0 saturated heterocycles. The minimum atomic E-state index is -0.960. The average molecular weight is 226 g/mol. The maximum Gasteiger partial charge on any atom is 0.0997 e. The monoisotopic (exact) mass is 226 g/mol. The molecule has 1 heteroatoms. The smallest absolute Gasteiger partial charge is 0.0642 e. The van der Waals surface area contributed by atoms with Gasteiger partial charge in [-0.05, 0) is 13.8 Å². The predicted octanol–water partition coefficient (Wildman–Crippen LogP) is 2.27. The molecule has 0 aliphatic carbocycles. The highest BCUT2D eigenvalue weighted by molar-refractivity contribution is 6.84. The number of hydrogen-bond acceptors (Lipinski definition) is 0. The molecule has 2 aromatic rings. The normalized spacial score (nSPS) is 10.8. The van der Waals surface area contributed by atoms with Gasteiger partial charge in [-0.15, -0.1) is 0 Å². The van der Waals surface area contributed by atoms with Crippen LogP contribution in [0.4, 0.5) is 0 Å². The van der Waals surface area contributed by atoms with Gasteiger partial charge in [0.25, 0.3) is 0 Å². The van der Waals surface area contributed by atoms with Crippen LogP contribution in [-0.4, -0.2) is 8.80 Å². The summed E-state index contributed by atoms with van der Waals surface area (Å²) < 4.78 is 0. The molecule has 0 atom stereocenters. The van der Waals surface area contributed by atoms with Crippen LogP contribution < -0.4 is 10.4 Å². The highest BCUT2D eigenvalue weighted by Crippen LogP contribution is 1.98. The Bertz CT molecular complexity index is 408. The minimum absolute atomic E-state index is 0.960. The first-order valence-electron chi connectivity index (χ1n) is 5.80. The Labute approximate surface area is 99.6 Å². The summed E-state index contributed by atoms with van der Waals surface area (Å²) in [4.78, 5) is 0. The second-order valence-electron chi connectivity index (χ2n) is 4.54. The molecule has 0 amide bonds. The van der Waals surface area contributed by atoms with E-state index in [4.69, 9.17) is 0 Å². The van der Waals surface area contributed by atoms with E-state index in [0.29, 0.717) is 0 Å². The van der Waals surface area contributed by atoms with E-state index < -0.39 is 8.80 Å². The van der Waals surface area contributed by atoms with Crippen molar-refractivity contribution in [2.75, 3.05) is 0 Å². The molecule has 0 saturated carbocycles. The molecule has 2 aromatic carbocycles. The van der Waals surface area contributed by atoms with Crippen LogP contribution in [0.25, 0.3) is 0 Å². The fraction of sp³-hybridized carbons (Fsp3) is 0.200. The maximum absolute atomic E-state index is 2.40. The summed E-state index contributed by atoms with van der Waals surface area (Å²) in [6.45, 7) is 6.68. The van der Waals surface area contributed by atoms with Crippen molar-refractivity contribution in [3.05, 3.63) is 59.7 Å². The van der Waals surface area contributed by atoms with Crippen molar-refractivity contribution >= 4 is 19.2 Å². The first-order chi connectivity index (χ1) is 7.66. The number of rotatable bonds is 2. The molecule has 0 radical (unpaired) electrons. The van der Waals surface area contributed by atoms with Crippen molar-refractivity contribution in [3.63, 3.8) is 0 Å². The van der Waals surface area contributed by atoms with Gasteiger partial charge in [0.1, 0.15) is 0 Å². The summed E-state index contributed by atoms with van der Waals surface area (Å²) >= 11 is 0. The van der Waals surface area contributed by atoms with E-state index in [2.05, 4.69) is 68.9 Å². The van der Waals surface area contributed by atoms with Crippen molar-refractivity contribution in [1.29, 1.82) is 0 Å². The Balaban J connectivity index is 2.28. The van der Waals surface area contributed by atoms with Crippen molar-refractivity contribution < 1.29 is 0 Å². The molecule has 16 heavy (non-hydrogen) atoms. The summed E-state index contributed by atoms with van der Waals surface area (Å²) in [7, 11) is -0.960. The van der Waals surface area contributed by atoms with Gasteiger partial charge in [-0.25, -0.2) is 0 Å². The Morgan fingerprint density at radius 3 is 1.25 bits per heavy atom. The van der Waals surface area contributed by atoms with Gasteiger partial charge >= 0.3 is 0 Å². The van der Waals surface area contributed by atoms with Crippen LogP contribution in [0.15, 0.2) is 48.5 Å². The third kappa shape index (κ3) is 2.42. The molecule has 0 unspecified atom stereocenters.